The summed E-state index contributed by atoms with van der Waals surface area (Å²) in [5.41, 5.74) is 0.0450. The van der Waals surface area contributed by atoms with Crippen molar-refractivity contribution in [3.8, 4) is 0 Å². The fraction of sp³-hybridized carbons (Fsp3) is 0.611. The smallest absolute Gasteiger partial charge is 0.251 e. The number of amides is 1. The van der Waals surface area contributed by atoms with Crippen molar-refractivity contribution in [1.82, 2.24) is 9.62 Å². The average molecular weight is 384 g/mol. The van der Waals surface area contributed by atoms with E-state index < -0.39 is 10.0 Å². The van der Waals surface area contributed by atoms with Crippen molar-refractivity contribution in [3.05, 3.63) is 29.8 Å². The van der Waals surface area contributed by atoms with Gasteiger partial charge in [-0.05, 0) is 37.1 Å². The lowest BCUT2D eigenvalue weighted by Crippen LogP contribution is -2.43. The van der Waals surface area contributed by atoms with Crippen molar-refractivity contribution >= 4 is 15.9 Å². The molecule has 0 aromatic heterocycles. The third-order valence-electron chi connectivity index (χ3n) is 4.97. The van der Waals surface area contributed by atoms with Crippen molar-refractivity contribution in [2.45, 2.75) is 31.6 Å². The van der Waals surface area contributed by atoms with E-state index in [1.807, 2.05) is 0 Å². The van der Waals surface area contributed by atoms with E-state index >= 15 is 0 Å². The summed E-state index contributed by atoms with van der Waals surface area (Å²) in [6.07, 6.45) is 1.40. The number of aliphatic hydroxyl groups excluding tert-OH is 1. The van der Waals surface area contributed by atoms with Crippen LogP contribution in [0.3, 0.4) is 0 Å². The Balaban J connectivity index is 2.04. The zero-order valence-electron chi connectivity index (χ0n) is 15.4. The first-order valence-corrected chi connectivity index (χ1v) is 10.4. The molecule has 146 valence electrons. The van der Waals surface area contributed by atoms with Crippen LogP contribution in [0.15, 0.2) is 29.2 Å². The van der Waals surface area contributed by atoms with Gasteiger partial charge in [-0.3, -0.25) is 4.79 Å². The van der Waals surface area contributed by atoms with Crippen LogP contribution in [0.1, 0.15) is 37.0 Å². The molecule has 0 spiro atoms. The normalized spacial score (nSPS) is 17.2. The van der Waals surface area contributed by atoms with Gasteiger partial charge in [0, 0.05) is 43.8 Å². The summed E-state index contributed by atoms with van der Waals surface area (Å²) in [7, 11) is -3.53. The second kappa shape index (κ2) is 8.94. The van der Waals surface area contributed by atoms with E-state index in [-0.39, 0.29) is 22.8 Å². The summed E-state index contributed by atoms with van der Waals surface area (Å²) in [6.45, 7) is 5.89. The lowest BCUT2D eigenvalue weighted by Gasteiger charge is -2.35. The molecule has 1 aromatic rings. The summed E-state index contributed by atoms with van der Waals surface area (Å²) < 4.78 is 31.6. The SMILES string of the molecule is CCN(CC)S(=O)(=O)c1ccc(C(=O)NCC2(CO)CCOCC2)cc1. The van der Waals surface area contributed by atoms with Gasteiger partial charge in [0.2, 0.25) is 10.0 Å². The number of carbonyl (C=O) groups is 1. The molecule has 1 saturated heterocycles. The molecule has 2 rings (SSSR count). The van der Waals surface area contributed by atoms with Gasteiger partial charge in [-0.2, -0.15) is 4.31 Å². The van der Waals surface area contributed by atoms with Crippen LogP contribution in [-0.4, -0.2) is 63.2 Å². The van der Waals surface area contributed by atoms with E-state index in [1.54, 1.807) is 13.8 Å². The third kappa shape index (κ3) is 4.62. The van der Waals surface area contributed by atoms with E-state index in [0.29, 0.717) is 51.3 Å². The van der Waals surface area contributed by atoms with Crippen molar-refractivity contribution in [3.63, 3.8) is 0 Å². The minimum absolute atomic E-state index is 0.00229. The fourth-order valence-electron chi connectivity index (χ4n) is 3.06. The number of benzene rings is 1. The summed E-state index contributed by atoms with van der Waals surface area (Å²) in [4.78, 5) is 12.5. The maximum absolute atomic E-state index is 12.5. The number of sulfonamides is 1. The molecular formula is C18H28N2O5S. The monoisotopic (exact) mass is 384 g/mol. The van der Waals surface area contributed by atoms with E-state index in [0.717, 1.165) is 0 Å². The van der Waals surface area contributed by atoms with Gasteiger partial charge in [-0.15, -0.1) is 0 Å². The van der Waals surface area contributed by atoms with Crippen LogP contribution in [-0.2, 0) is 14.8 Å². The predicted molar refractivity (Wildman–Crippen MR) is 98.5 cm³/mol. The lowest BCUT2D eigenvalue weighted by atomic mass is 9.81. The predicted octanol–water partition coefficient (Wildman–Crippen LogP) is 1.24. The van der Waals surface area contributed by atoms with E-state index in [2.05, 4.69) is 5.32 Å². The molecule has 8 heteroatoms. The van der Waals surface area contributed by atoms with Gasteiger partial charge in [0.15, 0.2) is 0 Å². The molecule has 7 nitrogen and oxygen atoms in total. The largest absolute Gasteiger partial charge is 0.396 e. The minimum atomic E-state index is -3.53. The highest BCUT2D eigenvalue weighted by Gasteiger charge is 2.32. The molecule has 1 aliphatic heterocycles. The number of nitrogens with one attached hydrogen (secondary N) is 1. The van der Waals surface area contributed by atoms with Crippen LogP contribution >= 0.6 is 0 Å². The fourth-order valence-corrected chi connectivity index (χ4v) is 4.51. The Kier molecular flexibility index (Phi) is 7.16. The lowest BCUT2D eigenvalue weighted by molar-refractivity contribution is -0.0146. The molecule has 0 atom stereocenters. The van der Waals surface area contributed by atoms with Gasteiger partial charge >= 0.3 is 0 Å². The van der Waals surface area contributed by atoms with Crippen LogP contribution in [0.4, 0.5) is 0 Å². The first kappa shape index (κ1) is 20.8. The molecule has 1 amide bonds. The van der Waals surface area contributed by atoms with Gasteiger partial charge in [0.1, 0.15) is 0 Å². The van der Waals surface area contributed by atoms with E-state index in [9.17, 15) is 18.3 Å². The van der Waals surface area contributed by atoms with Crippen LogP contribution in [0.2, 0.25) is 0 Å². The highest BCUT2D eigenvalue weighted by Crippen LogP contribution is 2.29. The minimum Gasteiger partial charge on any atom is -0.396 e. The number of nitrogens with zero attached hydrogens (tertiary/aromatic N) is 1. The first-order chi connectivity index (χ1) is 12.4. The number of hydrogen-bond donors (Lipinski definition) is 2. The number of aliphatic hydroxyl groups is 1. The van der Waals surface area contributed by atoms with Crippen molar-refractivity contribution in [2.24, 2.45) is 5.41 Å². The number of hydrogen-bond acceptors (Lipinski definition) is 5. The highest BCUT2D eigenvalue weighted by molar-refractivity contribution is 7.89. The molecule has 2 N–H and O–H groups in total. The Hall–Kier alpha value is -1.48. The van der Waals surface area contributed by atoms with Crippen LogP contribution in [0, 0.1) is 5.41 Å². The maximum atomic E-state index is 12.5. The molecule has 1 heterocycles. The van der Waals surface area contributed by atoms with Gasteiger partial charge < -0.3 is 15.2 Å². The maximum Gasteiger partial charge on any atom is 0.251 e. The van der Waals surface area contributed by atoms with Gasteiger partial charge in [-0.1, -0.05) is 13.8 Å². The molecule has 0 aliphatic carbocycles. The molecule has 1 aromatic carbocycles. The van der Waals surface area contributed by atoms with Crippen LogP contribution < -0.4 is 5.32 Å². The Bertz CT molecular complexity index is 693. The molecule has 0 bridgehead atoms. The van der Waals surface area contributed by atoms with E-state index in [1.165, 1.54) is 28.6 Å². The average Bonchev–Trinajstić information content (AvgIpc) is 2.67. The first-order valence-electron chi connectivity index (χ1n) is 8.95. The van der Waals surface area contributed by atoms with Crippen molar-refractivity contribution in [2.75, 3.05) is 39.5 Å². The van der Waals surface area contributed by atoms with Crippen LogP contribution in [0.5, 0.6) is 0 Å². The zero-order chi connectivity index (χ0) is 19.2. The molecule has 0 radical (unpaired) electrons. The molecule has 1 aliphatic rings. The summed E-state index contributed by atoms with van der Waals surface area (Å²) in [5, 5.41) is 12.5. The third-order valence-corrected chi connectivity index (χ3v) is 7.04. The van der Waals surface area contributed by atoms with Crippen LogP contribution in [0.25, 0.3) is 0 Å². The van der Waals surface area contributed by atoms with Crippen molar-refractivity contribution < 1.29 is 23.1 Å². The highest BCUT2D eigenvalue weighted by atomic mass is 32.2. The second-order valence-corrected chi connectivity index (χ2v) is 8.50. The summed E-state index contributed by atoms with van der Waals surface area (Å²) in [5.74, 6) is -0.281. The molecule has 1 fully saturated rings. The molecular weight excluding hydrogens is 356 g/mol. The Labute approximate surface area is 155 Å². The number of ether oxygens (including phenoxy) is 1. The number of carbonyl (C=O) groups excluding carboxylic acids is 1. The van der Waals surface area contributed by atoms with E-state index in [4.69, 9.17) is 4.74 Å². The van der Waals surface area contributed by atoms with Gasteiger partial charge in [0.25, 0.3) is 5.91 Å². The van der Waals surface area contributed by atoms with Gasteiger partial charge in [-0.25, -0.2) is 8.42 Å². The summed E-state index contributed by atoms with van der Waals surface area (Å²) in [6, 6.07) is 5.94. The zero-order valence-corrected chi connectivity index (χ0v) is 16.2. The molecule has 26 heavy (non-hydrogen) atoms. The summed E-state index contributed by atoms with van der Waals surface area (Å²) >= 11 is 0. The molecule has 0 unspecified atom stereocenters. The Morgan fingerprint density at radius 3 is 2.27 bits per heavy atom. The Morgan fingerprint density at radius 2 is 1.77 bits per heavy atom. The Morgan fingerprint density at radius 1 is 1.19 bits per heavy atom. The standard InChI is InChI=1S/C18H28N2O5S/c1-3-20(4-2)26(23,24)16-7-5-15(6-8-16)17(22)19-13-18(14-21)9-11-25-12-10-18/h5-8,21H,3-4,9-14H2,1-2H3,(H,19,22). The second-order valence-electron chi connectivity index (χ2n) is 6.57. The van der Waals surface area contributed by atoms with Crippen molar-refractivity contribution in [1.29, 1.82) is 0 Å². The molecule has 0 saturated carbocycles. The quantitative estimate of drug-likeness (QED) is 0.703. The number of rotatable bonds is 8. The van der Waals surface area contributed by atoms with Gasteiger partial charge in [0.05, 0.1) is 11.5 Å². The topological polar surface area (TPSA) is 95.9 Å².